The Morgan fingerprint density at radius 2 is 1.89 bits per heavy atom. The number of aryl methyl sites for hydroxylation is 2. The molecule has 0 unspecified atom stereocenters. The van der Waals surface area contributed by atoms with Crippen LogP contribution in [-0.4, -0.2) is 20.3 Å². The minimum atomic E-state index is -0.222. The number of nitrogens with zero attached hydrogens (tertiary/aromatic N) is 4. The molecular weight excluding hydrogens is 246 g/mol. The van der Waals surface area contributed by atoms with Gasteiger partial charge in [-0.05, 0) is 19.8 Å². The highest BCUT2D eigenvalue weighted by atomic mass is 16.5. The van der Waals surface area contributed by atoms with Gasteiger partial charge >= 0.3 is 0 Å². The second-order valence-corrected chi connectivity index (χ2v) is 5.02. The van der Waals surface area contributed by atoms with Gasteiger partial charge in [0.25, 0.3) is 0 Å². The molecule has 0 aromatic carbocycles. The summed E-state index contributed by atoms with van der Waals surface area (Å²) >= 11 is 0. The first-order valence-electron chi connectivity index (χ1n) is 6.53. The average molecular weight is 263 g/mol. The van der Waals surface area contributed by atoms with Crippen LogP contribution in [0.3, 0.4) is 0 Å². The van der Waals surface area contributed by atoms with E-state index in [1.807, 2.05) is 0 Å². The van der Waals surface area contributed by atoms with Gasteiger partial charge in [0.2, 0.25) is 11.8 Å². The van der Waals surface area contributed by atoms with Crippen LogP contribution in [0.15, 0.2) is 9.05 Å². The quantitative estimate of drug-likeness (QED) is 0.896. The van der Waals surface area contributed by atoms with Crippen molar-refractivity contribution in [3.63, 3.8) is 0 Å². The Balaban J connectivity index is 1.77. The van der Waals surface area contributed by atoms with Gasteiger partial charge in [0.1, 0.15) is 0 Å². The van der Waals surface area contributed by atoms with Crippen LogP contribution in [0, 0.1) is 13.8 Å². The van der Waals surface area contributed by atoms with E-state index in [2.05, 4.69) is 25.6 Å². The fraction of sp³-hybridized carbons (Fsp3) is 0.667. The van der Waals surface area contributed by atoms with Crippen molar-refractivity contribution in [3.05, 3.63) is 23.4 Å². The van der Waals surface area contributed by atoms with E-state index < -0.39 is 0 Å². The van der Waals surface area contributed by atoms with E-state index in [-0.39, 0.29) is 5.54 Å². The third-order valence-electron chi connectivity index (χ3n) is 3.56. The molecule has 1 aliphatic carbocycles. The van der Waals surface area contributed by atoms with Gasteiger partial charge in [0.15, 0.2) is 11.6 Å². The number of hydrogen-bond donors (Lipinski definition) is 1. The van der Waals surface area contributed by atoms with Crippen LogP contribution in [0.2, 0.25) is 0 Å². The Morgan fingerprint density at radius 3 is 2.47 bits per heavy atom. The van der Waals surface area contributed by atoms with Crippen LogP contribution in [0.25, 0.3) is 0 Å². The summed E-state index contributed by atoms with van der Waals surface area (Å²) < 4.78 is 10.2. The molecule has 3 rings (SSSR count). The second kappa shape index (κ2) is 4.73. The van der Waals surface area contributed by atoms with Crippen molar-refractivity contribution >= 4 is 0 Å². The smallest absolute Gasteiger partial charge is 0.240 e. The van der Waals surface area contributed by atoms with Crippen LogP contribution < -0.4 is 5.32 Å². The summed E-state index contributed by atoms with van der Waals surface area (Å²) in [6.07, 6.45) is 4.31. The fourth-order valence-corrected chi connectivity index (χ4v) is 2.61. The van der Waals surface area contributed by atoms with Crippen LogP contribution in [0.5, 0.6) is 0 Å². The van der Waals surface area contributed by atoms with Crippen LogP contribution in [-0.2, 0) is 12.1 Å². The monoisotopic (exact) mass is 263 g/mol. The van der Waals surface area contributed by atoms with Crippen LogP contribution in [0.4, 0.5) is 0 Å². The fourth-order valence-electron chi connectivity index (χ4n) is 2.61. The van der Waals surface area contributed by atoms with Gasteiger partial charge in [0.05, 0.1) is 12.1 Å². The predicted molar refractivity (Wildman–Crippen MR) is 65.1 cm³/mol. The number of hydrogen-bond acceptors (Lipinski definition) is 7. The summed E-state index contributed by atoms with van der Waals surface area (Å²) in [5.41, 5.74) is -0.222. The lowest BCUT2D eigenvalue weighted by molar-refractivity contribution is 0.274. The highest BCUT2D eigenvalue weighted by molar-refractivity contribution is 5.08. The molecule has 0 aliphatic heterocycles. The molecule has 0 amide bonds. The molecule has 2 heterocycles. The molecule has 1 aliphatic rings. The molecule has 1 N–H and O–H groups in total. The van der Waals surface area contributed by atoms with Crippen molar-refractivity contribution < 1.29 is 9.05 Å². The Labute approximate surface area is 110 Å². The van der Waals surface area contributed by atoms with Gasteiger partial charge in [-0.25, -0.2) is 0 Å². The Hall–Kier alpha value is -1.76. The van der Waals surface area contributed by atoms with Gasteiger partial charge in [-0.2, -0.15) is 9.97 Å². The van der Waals surface area contributed by atoms with Gasteiger partial charge < -0.3 is 9.05 Å². The van der Waals surface area contributed by atoms with Gasteiger partial charge in [-0.15, -0.1) is 0 Å². The zero-order valence-corrected chi connectivity index (χ0v) is 11.1. The topological polar surface area (TPSA) is 89.9 Å². The maximum atomic E-state index is 5.12. The maximum absolute atomic E-state index is 5.12. The molecule has 7 nitrogen and oxygen atoms in total. The van der Waals surface area contributed by atoms with E-state index in [9.17, 15) is 0 Å². The molecule has 2 aromatic heterocycles. The summed E-state index contributed by atoms with van der Waals surface area (Å²) in [5.74, 6) is 2.56. The molecule has 0 atom stereocenters. The first kappa shape index (κ1) is 12.3. The van der Waals surface area contributed by atoms with Crippen molar-refractivity contribution in [3.8, 4) is 0 Å². The Morgan fingerprint density at radius 1 is 1.11 bits per heavy atom. The summed E-state index contributed by atoms with van der Waals surface area (Å²) in [4.78, 5) is 8.57. The van der Waals surface area contributed by atoms with E-state index in [1.165, 1.54) is 0 Å². The third-order valence-corrected chi connectivity index (χ3v) is 3.56. The van der Waals surface area contributed by atoms with Gasteiger partial charge in [0, 0.05) is 6.92 Å². The van der Waals surface area contributed by atoms with E-state index in [0.717, 1.165) is 31.5 Å². The SMILES string of the molecule is Cc1noc(CNC2(c3noc(C)n3)CCCC2)n1. The van der Waals surface area contributed by atoms with Gasteiger partial charge in [-0.3, -0.25) is 5.32 Å². The number of aromatic nitrogens is 4. The molecule has 0 bridgehead atoms. The normalized spacial score (nSPS) is 18.0. The highest BCUT2D eigenvalue weighted by Crippen LogP contribution is 2.37. The van der Waals surface area contributed by atoms with E-state index in [0.29, 0.717) is 24.2 Å². The summed E-state index contributed by atoms with van der Waals surface area (Å²) in [7, 11) is 0. The van der Waals surface area contributed by atoms with E-state index in [1.54, 1.807) is 13.8 Å². The third kappa shape index (κ3) is 2.37. The average Bonchev–Trinajstić information content (AvgIpc) is 3.08. The summed E-state index contributed by atoms with van der Waals surface area (Å²) in [6.45, 7) is 4.13. The molecule has 0 radical (unpaired) electrons. The summed E-state index contributed by atoms with van der Waals surface area (Å²) in [6, 6.07) is 0. The Kier molecular flexibility index (Phi) is 3.06. The second-order valence-electron chi connectivity index (χ2n) is 5.02. The summed E-state index contributed by atoms with van der Waals surface area (Å²) in [5, 5.41) is 11.3. The minimum Gasteiger partial charge on any atom is -0.340 e. The van der Waals surface area contributed by atoms with Crippen molar-refractivity contribution in [1.82, 2.24) is 25.6 Å². The lowest BCUT2D eigenvalue weighted by atomic mass is 9.96. The molecule has 102 valence electrons. The van der Waals surface area contributed by atoms with Crippen LogP contribution in [0.1, 0.15) is 49.1 Å². The zero-order chi connectivity index (χ0) is 13.3. The molecule has 7 heteroatoms. The largest absolute Gasteiger partial charge is 0.340 e. The van der Waals surface area contributed by atoms with Crippen molar-refractivity contribution in [1.29, 1.82) is 0 Å². The van der Waals surface area contributed by atoms with Crippen LogP contribution >= 0.6 is 0 Å². The zero-order valence-electron chi connectivity index (χ0n) is 11.1. The van der Waals surface area contributed by atoms with Crippen molar-refractivity contribution in [2.24, 2.45) is 0 Å². The van der Waals surface area contributed by atoms with E-state index >= 15 is 0 Å². The molecule has 0 saturated heterocycles. The highest BCUT2D eigenvalue weighted by Gasteiger charge is 2.39. The number of nitrogens with one attached hydrogen (secondary N) is 1. The first-order chi connectivity index (χ1) is 9.18. The molecular formula is C12H17N5O2. The molecule has 19 heavy (non-hydrogen) atoms. The van der Waals surface area contributed by atoms with Crippen molar-refractivity contribution in [2.45, 2.75) is 51.6 Å². The minimum absolute atomic E-state index is 0.222. The number of rotatable bonds is 4. The maximum Gasteiger partial charge on any atom is 0.240 e. The first-order valence-corrected chi connectivity index (χ1v) is 6.53. The predicted octanol–water partition coefficient (Wildman–Crippen LogP) is 1.63. The molecule has 1 saturated carbocycles. The Bertz CT molecular complexity index is 556. The van der Waals surface area contributed by atoms with Gasteiger partial charge in [-0.1, -0.05) is 23.2 Å². The van der Waals surface area contributed by atoms with Crippen molar-refractivity contribution in [2.75, 3.05) is 0 Å². The molecule has 1 fully saturated rings. The van der Waals surface area contributed by atoms with E-state index in [4.69, 9.17) is 9.05 Å². The molecule has 0 spiro atoms. The lowest BCUT2D eigenvalue weighted by Gasteiger charge is -2.25. The standard InChI is InChI=1S/C12H17N5O2/c1-8-14-10(19-16-8)7-13-12(5-3-4-6-12)11-15-9(2)18-17-11/h13H,3-7H2,1-2H3. The lowest BCUT2D eigenvalue weighted by Crippen LogP contribution is -2.40. The molecule has 2 aromatic rings.